The molecule has 0 aliphatic heterocycles. The van der Waals surface area contributed by atoms with Gasteiger partial charge in [0.1, 0.15) is 5.75 Å². The van der Waals surface area contributed by atoms with E-state index in [0.717, 1.165) is 4.31 Å². The van der Waals surface area contributed by atoms with E-state index in [-0.39, 0.29) is 29.5 Å². The molecule has 7 nitrogen and oxygen atoms in total. The van der Waals surface area contributed by atoms with Gasteiger partial charge < -0.3 is 15.8 Å². The number of carbonyl (C=O) groups is 1. The molecule has 0 spiro atoms. The van der Waals surface area contributed by atoms with Gasteiger partial charge in [0.2, 0.25) is 15.9 Å². The summed E-state index contributed by atoms with van der Waals surface area (Å²) in [6, 6.07) is 4.29. The number of nitrogens with two attached hydrogens (primary N) is 1. The third-order valence-electron chi connectivity index (χ3n) is 2.49. The Kier molecular flexibility index (Phi) is 7.65. The van der Waals surface area contributed by atoms with E-state index in [4.69, 9.17) is 10.5 Å². The molecule has 0 fully saturated rings. The number of hydrogen-bond donors (Lipinski definition) is 2. The number of amides is 1. The first-order valence-electron chi connectivity index (χ1n) is 6.02. The SMILES string of the molecule is CCOc1ccc(S(=O)(=O)N(C)C)cc1NC(=O)CN.Cl. The Morgan fingerprint density at radius 1 is 1.38 bits per heavy atom. The van der Waals surface area contributed by atoms with Gasteiger partial charge in [-0.25, -0.2) is 12.7 Å². The van der Waals surface area contributed by atoms with Gasteiger partial charge in [0, 0.05) is 14.1 Å². The zero-order chi connectivity index (χ0) is 15.3. The minimum atomic E-state index is -3.58. The summed E-state index contributed by atoms with van der Waals surface area (Å²) < 4.78 is 30.6. The molecule has 0 heterocycles. The highest BCUT2D eigenvalue weighted by Crippen LogP contribution is 2.28. The number of nitrogens with zero attached hydrogens (tertiary/aromatic N) is 1. The Bertz CT molecular complexity index is 590. The molecule has 120 valence electrons. The quantitative estimate of drug-likeness (QED) is 0.793. The van der Waals surface area contributed by atoms with Crippen molar-refractivity contribution >= 4 is 34.0 Å². The number of nitrogens with one attached hydrogen (secondary N) is 1. The summed E-state index contributed by atoms with van der Waals surface area (Å²) in [5.74, 6) is -0.0302. The number of anilines is 1. The molecule has 1 rings (SSSR count). The monoisotopic (exact) mass is 337 g/mol. The van der Waals surface area contributed by atoms with Crippen molar-refractivity contribution in [3.8, 4) is 5.75 Å². The lowest BCUT2D eigenvalue weighted by atomic mass is 10.3. The van der Waals surface area contributed by atoms with Gasteiger partial charge in [-0.2, -0.15) is 0 Å². The molecule has 21 heavy (non-hydrogen) atoms. The first-order chi connectivity index (χ1) is 9.32. The van der Waals surface area contributed by atoms with Gasteiger partial charge in [-0.1, -0.05) is 0 Å². The van der Waals surface area contributed by atoms with Crippen molar-refractivity contribution in [2.24, 2.45) is 5.73 Å². The molecule has 9 heteroatoms. The van der Waals surface area contributed by atoms with E-state index in [2.05, 4.69) is 5.32 Å². The minimum absolute atomic E-state index is 0. The van der Waals surface area contributed by atoms with E-state index in [9.17, 15) is 13.2 Å². The average molecular weight is 338 g/mol. The zero-order valence-corrected chi connectivity index (χ0v) is 13.8. The van der Waals surface area contributed by atoms with E-state index in [1.807, 2.05) is 0 Å². The van der Waals surface area contributed by atoms with Crippen molar-refractivity contribution in [2.75, 3.05) is 32.6 Å². The third-order valence-corrected chi connectivity index (χ3v) is 4.30. The Balaban J connectivity index is 0.00000400. The van der Waals surface area contributed by atoms with Gasteiger partial charge in [-0.15, -0.1) is 12.4 Å². The Labute approximate surface area is 130 Å². The number of ether oxygens (including phenoxy) is 1. The second kappa shape index (κ2) is 8.18. The van der Waals surface area contributed by atoms with Crippen LogP contribution < -0.4 is 15.8 Å². The lowest BCUT2D eigenvalue weighted by molar-refractivity contribution is -0.114. The second-order valence-electron chi connectivity index (χ2n) is 4.13. The number of benzene rings is 1. The summed E-state index contributed by atoms with van der Waals surface area (Å²) in [4.78, 5) is 11.4. The van der Waals surface area contributed by atoms with Gasteiger partial charge in [-0.05, 0) is 25.1 Å². The van der Waals surface area contributed by atoms with Gasteiger partial charge in [0.15, 0.2) is 0 Å². The fourth-order valence-corrected chi connectivity index (χ4v) is 2.39. The Morgan fingerprint density at radius 2 is 2.00 bits per heavy atom. The molecule has 0 unspecified atom stereocenters. The molecule has 1 aromatic rings. The maximum atomic E-state index is 12.1. The lowest BCUT2D eigenvalue weighted by Gasteiger charge is -2.15. The average Bonchev–Trinajstić information content (AvgIpc) is 2.40. The number of sulfonamides is 1. The maximum absolute atomic E-state index is 12.1. The summed E-state index contributed by atoms with van der Waals surface area (Å²) >= 11 is 0. The van der Waals surface area contributed by atoms with Crippen LogP contribution in [0.4, 0.5) is 5.69 Å². The van der Waals surface area contributed by atoms with Gasteiger partial charge in [0.25, 0.3) is 0 Å². The molecule has 0 aliphatic rings. The lowest BCUT2D eigenvalue weighted by Crippen LogP contribution is -2.24. The summed E-state index contributed by atoms with van der Waals surface area (Å²) in [7, 11) is -0.709. The van der Waals surface area contributed by atoms with Crippen LogP contribution in [0.1, 0.15) is 6.92 Å². The van der Waals surface area contributed by atoms with Crippen molar-refractivity contribution in [2.45, 2.75) is 11.8 Å². The highest BCUT2D eigenvalue weighted by atomic mass is 35.5. The smallest absolute Gasteiger partial charge is 0.242 e. The predicted molar refractivity (Wildman–Crippen MR) is 83.4 cm³/mol. The predicted octanol–water partition coefficient (Wildman–Crippen LogP) is 0.655. The van der Waals surface area contributed by atoms with Crippen LogP contribution in [0.5, 0.6) is 5.75 Å². The standard InChI is InChI=1S/C12H19N3O4S.ClH/c1-4-19-11-6-5-9(20(17,18)15(2)3)7-10(11)14-12(16)8-13;/h5-7H,4,8,13H2,1-3H3,(H,14,16);1H. The van der Waals surface area contributed by atoms with Gasteiger partial charge in [0.05, 0.1) is 23.7 Å². The maximum Gasteiger partial charge on any atom is 0.242 e. The van der Waals surface area contributed by atoms with Crippen LogP contribution >= 0.6 is 12.4 Å². The second-order valence-corrected chi connectivity index (χ2v) is 6.28. The first-order valence-corrected chi connectivity index (χ1v) is 7.46. The molecular formula is C12H20ClN3O4S. The first kappa shape index (κ1) is 19.7. The number of hydrogen-bond acceptors (Lipinski definition) is 5. The van der Waals surface area contributed by atoms with Crippen LogP contribution in [0.2, 0.25) is 0 Å². The van der Waals surface area contributed by atoms with Crippen LogP contribution in [-0.4, -0.2) is 45.9 Å². The molecule has 3 N–H and O–H groups in total. The molecule has 0 radical (unpaired) electrons. The van der Waals surface area contributed by atoms with Crippen LogP contribution in [0, 0.1) is 0 Å². The van der Waals surface area contributed by atoms with E-state index in [0.29, 0.717) is 12.4 Å². The molecule has 0 aromatic heterocycles. The van der Waals surface area contributed by atoms with Gasteiger partial charge >= 0.3 is 0 Å². The van der Waals surface area contributed by atoms with Crippen LogP contribution in [0.15, 0.2) is 23.1 Å². The summed E-state index contributed by atoms with van der Waals surface area (Å²) in [6.07, 6.45) is 0. The molecule has 0 aliphatic carbocycles. The van der Waals surface area contributed by atoms with Crippen LogP contribution in [-0.2, 0) is 14.8 Å². The van der Waals surface area contributed by atoms with Crippen LogP contribution in [0.25, 0.3) is 0 Å². The fourth-order valence-electron chi connectivity index (χ4n) is 1.46. The number of rotatable bonds is 6. The van der Waals surface area contributed by atoms with Crippen molar-refractivity contribution in [1.82, 2.24) is 4.31 Å². The Morgan fingerprint density at radius 3 is 2.48 bits per heavy atom. The molecule has 1 aromatic carbocycles. The zero-order valence-electron chi connectivity index (χ0n) is 12.1. The van der Waals surface area contributed by atoms with Crippen LogP contribution in [0.3, 0.4) is 0 Å². The summed E-state index contributed by atoms with van der Waals surface area (Å²) in [5, 5.41) is 2.52. The van der Waals surface area contributed by atoms with E-state index in [1.165, 1.54) is 32.3 Å². The van der Waals surface area contributed by atoms with E-state index in [1.54, 1.807) is 6.92 Å². The highest BCUT2D eigenvalue weighted by Gasteiger charge is 2.19. The molecular weight excluding hydrogens is 318 g/mol. The van der Waals surface area contributed by atoms with Crippen molar-refractivity contribution in [3.63, 3.8) is 0 Å². The highest BCUT2D eigenvalue weighted by molar-refractivity contribution is 7.89. The number of halogens is 1. The van der Waals surface area contributed by atoms with Crippen molar-refractivity contribution in [1.29, 1.82) is 0 Å². The molecule has 0 bridgehead atoms. The molecule has 0 saturated carbocycles. The molecule has 1 amide bonds. The minimum Gasteiger partial charge on any atom is -0.492 e. The summed E-state index contributed by atoms with van der Waals surface area (Å²) in [6.45, 7) is 1.99. The van der Waals surface area contributed by atoms with Crippen molar-refractivity contribution in [3.05, 3.63) is 18.2 Å². The van der Waals surface area contributed by atoms with Crippen molar-refractivity contribution < 1.29 is 17.9 Å². The largest absolute Gasteiger partial charge is 0.492 e. The molecule has 0 saturated heterocycles. The Hall–Kier alpha value is -1.35. The fraction of sp³-hybridized carbons (Fsp3) is 0.417. The molecule has 0 atom stereocenters. The number of carbonyl (C=O) groups excluding carboxylic acids is 1. The topological polar surface area (TPSA) is 102 Å². The third kappa shape index (κ3) is 4.85. The summed E-state index contributed by atoms with van der Waals surface area (Å²) in [5.41, 5.74) is 5.52. The van der Waals surface area contributed by atoms with Gasteiger partial charge in [-0.3, -0.25) is 4.79 Å². The normalized spacial score (nSPS) is 10.9. The van der Waals surface area contributed by atoms with E-state index >= 15 is 0 Å². The van der Waals surface area contributed by atoms with E-state index < -0.39 is 15.9 Å².